The van der Waals surface area contributed by atoms with E-state index in [2.05, 4.69) is 91.9 Å². The lowest BCUT2D eigenvalue weighted by Crippen LogP contribution is -2.38. The molecule has 0 aliphatic carbocycles. The molecule has 2 nitrogen and oxygen atoms in total. The summed E-state index contributed by atoms with van der Waals surface area (Å²) in [5.41, 5.74) is 6.74. The van der Waals surface area contributed by atoms with Crippen LogP contribution in [0.4, 0.5) is 0 Å². The maximum Gasteiger partial charge on any atom is 0.145 e. The van der Waals surface area contributed by atoms with Gasteiger partial charge in [0.2, 0.25) is 0 Å². The smallest absolute Gasteiger partial charge is 0.145 e. The minimum absolute atomic E-state index is 0.162. The van der Waals surface area contributed by atoms with E-state index in [-0.39, 0.29) is 5.92 Å². The van der Waals surface area contributed by atoms with Crippen molar-refractivity contribution in [2.45, 2.75) is 18.4 Å². The van der Waals surface area contributed by atoms with Crippen molar-refractivity contribution in [1.82, 2.24) is 0 Å². The summed E-state index contributed by atoms with van der Waals surface area (Å²) in [5, 5.41) is 0. The number of ether oxygens (including phenoxy) is 2. The summed E-state index contributed by atoms with van der Waals surface area (Å²) in [5.74, 6) is 2.04. The van der Waals surface area contributed by atoms with Crippen LogP contribution in [-0.2, 0) is 5.60 Å². The molecular weight excluding hydrogens is 368 g/mol. The molecule has 2 aliphatic heterocycles. The van der Waals surface area contributed by atoms with Crippen LogP contribution in [-0.4, -0.2) is 6.61 Å². The Labute approximate surface area is 176 Å². The zero-order valence-electron chi connectivity index (χ0n) is 16.8. The molecule has 146 valence electrons. The van der Waals surface area contributed by atoms with Gasteiger partial charge >= 0.3 is 0 Å². The zero-order chi connectivity index (χ0) is 20.1. The van der Waals surface area contributed by atoms with Crippen LogP contribution in [0.5, 0.6) is 11.5 Å². The topological polar surface area (TPSA) is 18.5 Å². The van der Waals surface area contributed by atoms with Gasteiger partial charge in [0.05, 0.1) is 12.5 Å². The molecule has 2 heterocycles. The molecule has 2 unspecified atom stereocenters. The molecule has 30 heavy (non-hydrogen) atoms. The summed E-state index contributed by atoms with van der Waals surface area (Å²) in [6, 6.07) is 34.0. The van der Waals surface area contributed by atoms with E-state index in [9.17, 15) is 0 Å². The van der Waals surface area contributed by atoms with Gasteiger partial charge in [-0.3, -0.25) is 0 Å². The average Bonchev–Trinajstić information content (AvgIpc) is 3.11. The maximum atomic E-state index is 6.63. The molecular formula is C28H22O2. The van der Waals surface area contributed by atoms with Crippen molar-refractivity contribution < 1.29 is 9.47 Å². The van der Waals surface area contributed by atoms with Crippen LogP contribution in [0, 0.1) is 0 Å². The molecule has 0 saturated heterocycles. The molecule has 2 aliphatic rings. The minimum atomic E-state index is -0.435. The second-order valence-electron chi connectivity index (χ2n) is 8.27. The van der Waals surface area contributed by atoms with E-state index in [0.717, 1.165) is 17.1 Å². The predicted molar refractivity (Wildman–Crippen MR) is 120 cm³/mol. The van der Waals surface area contributed by atoms with Crippen LogP contribution in [0.1, 0.15) is 24.0 Å². The summed E-state index contributed by atoms with van der Waals surface area (Å²) in [4.78, 5) is 0. The van der Waals surface area contributed by atoms with Gasteiger partial charge in [0.25, 0.3) is 0 Å². The van der Waals surface area contributed by atoms with Gasteiger partial charge in [-0.1, -0.05) is 72.8 Å². The Bertz CT molecular complexity index is 1230. The summed E-state index contributed by atoms with van der Waals surface area (Å²) in [6.07, 6.45) is 0. The third-order valence-corrected chi connectivity index (χ3v) is 6.51. The zero-order valence-corrected chi connectivity index (χ0v) is 16.8. The molecule has 0 bridgehead atoms. The molecule has 0 radical (unpaired) electrons. The van der Waals surface area contributed by atoms with Gasteiger partial charge in [-0.2, -0.15) is 0 Å². The van der Waals surface area contributed by atoms with Crippen LogP contribution in [0.3, 0.4) is 0 Å². The number of rotatable bonds is 2. The second-order valence-corrected chi connectivity index (χ2v) is 8.27. The fourth-order valence-electron chi connectivity index (χ4n) is 4.84. The highest BCUT2D eigenvalue weighted by atomic mass is 16.5. The Morgan fingerprint density at radius 2 is 1.27 bits per heavy atom. The normalized spacial score (nSPS) is 21.0. The molecule has 4 aromatic rings. The molecule has 0 aromatic heterocycles. The fraction of sp³-hybridized carbons (Fsp3) is 0.143. The maximum absolute atomic E-state index is 6.63. The van der Waals surface area contributed by atoms with Crippen LogP contribution in [0.2, 0.25) is 0 Å². The Morgan fingerprint density at radius 1 is 0.667 bits per heavy atom. The minimum Gasteiger partial charge on any atom is -0.492 e. The van der Waals surface area contributed by atoms with Crippen molar-refractivity contribution in [3.63, 3.8) is 0 Å². The second kappa shape index (κ2) is 6.50. The number of fused-ring (bicyclic) bond motifs is 5. The fourth-order valence-corrected chi connectivity index (χ4v) is 4.84. The first-order chi connectivity index (χ1) is 14.7. The predicted octanol–water partition coefficient (Wildman–Crippen LogP) is 6.80. The van der Waals surface area contributed by atoms with E-state index in [1.807, 2.05) is 12.1 Å². The lowest BCUT2D eigenvalue weighted by atomic mass is 9.78. The first kappa shape index (κ1) is 17.3. The van der Waals surface area contributed by atoms with Gasteiger partial charge in [0, 0.05) is 11.1 Å². The van der Waals surface area contributed by atoms with Crippen molar-refractivity contribution in [3.8, 4) is 33.8 Å². The molecule has 4 aromatic carbocycles. The standard InChI is InChI=1S/C28H22O2/c1-28-24-17-22(20-10-6-3-7-11-20)13-15-27(24)29-18-25(28)23-16-21(12-14-26(23)30-28)19-8-4-2-5-9-19/h2-17,25H,18H2,1H3. The lowest BCUT2D eigenvalue weighted by molar-refractivity contribution is 0.0435. The molecule has 6 rings (SSSR count). The van der Waals surface area contributed by atoms with E-state index in [4.69, 9.17) is 9.47 Å². The number of hydrogen-bond acceptors (Lipinski definition) is 2. The molecule has 2 heteroatoms. The summed E-state index contributed by atoms with van der Waals surface area (Å²) in [6.45, 7) is 2.83. The third-order valence-electron chi connectivity index (χ3n) is 6.51. The van der Waals surface area contributed by atoms with Gasteiger partial charge in [-0.15, -0.1) is 0 Å². The van der Waals surface area contributed by atoms with Crippen molar-refractivity contribution in [3.05, 3.63) is 108 Å². The Hall–Kier alpha value is -3.52. The summed E-state index contributed by atoms with van der Waals surface area (Å²) >= 11 is 0. The van der Waals surface area contributed by atoms with Crippen LogP contribution < -0.4 is 9.47 Å². The highest BCUT2D eigenvalue weighted by Gasteiger charge is 2.50. The van der Waals surface area contributed by atoms with Gasteiger partial charge in [-0.25, -0.2) is 0 Å². The molecule has 0 amide bonds. The van der Waals surface area contributed by atoms with Gasteiger partial charge in [0.1, 0.15) is 17.1 Å². The van der Waals surface area contributed by atoms with Crippen LogP contribution >= 0.6 is 0 Å². The van der Waals surface area contributed by atoms with Crippen molar-refractivity contribution in [1.29, 1.82) is 0 Å². The van der Waals surface area contributed by atoms with E-state index in [1.165, 1.54) is 27.8 Å². The van der Waals surface area contributed by atoms with Gasteiger partial charge < -0.3 is 9.47 Å². The first-order valence-corrected chi connectivity index (χ1v) is 10.4. The van der Waals surface area contributed by atoms with E-state index in [1.54, 1.807) is 0 Å². The Morgan fingerprint density at radius 3 is 1.93 bits per heavy atom. The Balaban J connectivity index is 1.44. The molecule has 0 fully saturated rings. The van der Waals surface area contributed by atoms with Gasteiger partial charge in [0.15, 0.2) is 0 Å². The van der Waals surface area contributed by atoms with E-state index in [0.29, 0.717) is 6.61 Å². The molecule has 0 N–H and O–H groups in total. The lowest BCUT2D eigenvalue weighted by Gasteiger charge is -2.37. The number of hydrogen-bond donors (Lipinski definition) is 0. The molecule has 0 saturated carbocycles. The van der Waals surface area contributed by atoms with Gasteiger partial charge in [-0.05, 0) is 53.4 Å². The quantitative estimate of drug-likeness (QED) is 0.374. The van der Waals surface area contributed by atoms with Crippen molar-refractivity contribution >= 4 is 0 Å². The van der Waals surface area contributed by atoms with Crippen molar-refractivity contribution in [2.24, 2.45) is 0 Å². The third kappa shape index (κ3) is 2.57. The summed E-state index contributed by atoms with van der Waals surface area (Å²) in [7, 11) is 0. The largest absolute Gasteiger partial charge is 0.492 e. The SMILES string of the molecule is CC12Oc3ccc(-c4ccccc4)cc3C1COc1ccc(-c3ccccc3)cc12. The highest BCUT2D eigenvalue weighted by Crippen LogP contribution is 2.55. The van der Waals surface area contributed by atoms with E-state index >= 15 is 0 Å². The summed E-state index contributed by atoms with van der Waals surface area (Å²) < 4.78 is 12.8. The molecule has 0 spiro atoms. The average molecular weight is 390 g/mol. The Kier molecular flexibility index (Phi) is 3.76. The number of benzene rings is 4. The first-order valence-electron chi connectivity index (χ1n) is 10.4. The van der Waals surface area contributed by atoms with E-state index < -0.39 is 5.60 Å². The molecule has 2 atom stereocenters. The van der Waals surface area contributed by atoms with Crippen LogP contribution in [0.15, 0.2) is 97.1 Å². The van der Waals surface area contributed by atoms with Crippen LogP contribution in [0.25, 0.3) is 22.3 Å². The monoisotopic (exact) mass is 390 g/mol. The highest BCUT2D eigenvalue weighted by molar-refractivity contribution is 5.69. The van der Waals surface area contributed by atoms with Crippen molar-refractivity contribution in [2.75, 3.05) is 6.61 Å².